The topological polar surface area (TPSA) is 84.6 Å². The lowest BCUT2D eigenvalue weighted by molar-refractivity contribution is -0.154. The molecule has 1 saturated heterocycles. The summed E-state index contributed by atoms with van der Waals surface area (Å²) in [7, 11) is 3.45. The fourth-order valence-electron chi connectivity index (χ4n) is 4.54. The van der Waals surface area contributed by atoms with Crippen molar-refractivity contribution in [3.05, 3.63) is 59.7 Å². The van der Waals surface area contributed by atoms with Gasteiger partial charge in [-0.25, -0.2) is 0 Å². The average molecular weight is 418 g/mol. The van der Waals surface area contributed by atoms with Gasteiger partial charge in [0.25, 0.3) is 5.91 Å². The summed E-state index contributed by atoms with van der Waals surface area (Å²) < 4.78 is 0. The summed E-state index contributed by atoms with van der Waals surface area (Å²) in [5.41, 5.74) is 3.58. The van der Waals surface area contributed by atoms with E-state index in [2.05, 4.69) is 6.07 Å². The molecule has 2 aromatic carbocycles. The summed E-state index contributed by atoms with van der Waals surface area (Å²) in [6, 6.07) is 16.8. The quantitative estimate of drug-likeness (QED) is 0.810. The summed E-state index contributed by atoms with van der Waals surface area (Å²) in [5, 5.41) is 19.6. The van der Waals surface area contributed by atoms with Crippen LogP contribution in [0.1, 0.15) is 41.1 Å². The van der Waals surface area contributed by atoms with Crippen molar-refractivity contribution >= 4 is 11.8 Å². The molecule has 1 N–H and O–H groups in total. The van der Waals surface area contributed by atoms with Crippen LogP contribution < -0.4 is 0 Å². The van der Waals surface area contributed by atoms with Crippen molar-refractivity contribution in [3.8, 4) is 17.2 Å². The molecule has 0 unspecified atom stereocenters. The van der Waals surface area contributed by atoms with E-state index in [0.29, 0.717) is 5.56 Å². The Morgan fingerprint density at radius 1 is 1.06 bits per heavy atom. The minimum atomic E-state index is -0.535. The molecule has 4 rings (SSSR count). The Morgan fingerprint density at radius 3 is 2.10 bits per heavy atom. The fourth-order valence-corrected chi connectivity index (χ4v) is 4.54. The molecule has 2 aliphatic rings. The highest BCUT2D eigenvalue weighted by molar-refractivity contribution is 5.94. The van der Waals surface area contributed by atoms with Crippen molar-refractivity contribution < 1.29 is 14.7 Å². The molecule has 2 fully saturated rings. The number of nitrogens with zero attached hydrogens (tertiary/aromatic N) is 3. The number of aliphatic hydroxyl groups excluding tert-OH is 1. The third kappa shape index (κ3) is 3.70. The first kappa shape index (κ1) is 21.1. The number of amides is 2. The molecule has 1 aliphatic heterocycles. The number of aliphatic hydroxyl groups is 1. The highest BCUT2D eigenvalue weighted by atomic mass is 16.3. The second-order valence-corrected chi connectivity index (χ2v) is 8.62. The predicted octanol–water partition coefficient (Wildman–Crippen LogP) is 3.03. The van der Waals surface area contributed by atoms with Gasteiger partial charge < -0.3 is 14.9 Å². The molecular formula is C25H27N3O3. The van der Waals surface area contributed by atoms with Crippen LogP contribution in [0.5, 0.6) is 0 Å². The molecule has 2 amide bonds. The number of likely N-dealkylation sites (tertiary alicyclic amines) is 1. The minimum Gasteiger partial charge on any atom is -0.394 e. The van der Waals surface area contributed by atoms with Crippen molar-refractivity contribution in [1.29, 1.82) is 5.26 Å². The molecular weight excluding hydrogens is 390 g/mol. The lowest BCUT2D eigenvalue weighted by Gasteiger charge is -2.53. The number of carbonyl (C=O) groups is 2. The zero-order chi connectivity index (χ0) is 22.1. The molecule has 0 aromatic heterocycles. The SMILES string of the molecule is CN(C)C(=O)c1ccc(-c2ccc([C@H]3[C@H](C#N)N(C(=O)C4CCC4)[C@H]3CO)cc2)cc1. The van der Waals surface area contributed by atoms with Gasteiger partial charge in [-0.05, 0) is 41.7 Å². The van der Waals surface area contributed by atoms with Gasteiger partial charge in [0.05, 0.1) is 18.7 Å². The summed E-state index contributed by atoms with van der Waals surface area (Å²) in [4.78, 5) is 27.9. The maximum Gasteiger partial charge on any atom is 0.253 e. The van der Waals surface area contributed by atoms with E-state index in [1.165, 1.54) is 0 Å². The van der Waals surface area contributed by atoms with Crippen LogP contribution in [0.25, 0.3) is 11.1 Å². The standard InChI is InChI=1S/C25H27N3O3/c1-27(2)24(30)20-12-8-17(9-13-20)16-6-10-18(11-7-16)23-21(14-26)28(22(23)15-29)25(31)19-4-3-5-19/h6-13,19,21-23,29H,3-5,15H2,1-2H3/t21-,22-,23-/m0/s1. The van der Waals surface area contributed by atoms with Gasteiger partial charge in [-0.2, -0.15) is 5.26 Å². The highest BCUT2D eigenvalue weighted by Gasteiger charge is 2.53. The first-order valence-corrected chi connectivity index (χ1v) is 10.7. The van der Waals surface area contributed by atoms with Gasteiger partial charge in [-0.15, -0.1) is 0 Å². The third-order valence-corrected chi connectivity index (χ3v) is 6.61. The van der Waals surface area contributed by atoms with Crippen LogP contribution in [0.15, 0.2) is 48.5 Å². The first-order valence-electron chi connectivity index (χ1n) is 10.7. The van der Waals surface area contributed by atoms with Crippen molar-refractivity contribution in [2.45, 2.75) is 37.3 Å². The molecule has 0 bridgehead atoms. The predicted molar refractivity (Wildman–Crippen MR) is 117 cm³/mol. The Labute approximate surface area is 182 Å². The lowest BCUT2D eigenvalue weighted by Crippen LogP contribution is -2.66. The molecule has 1 heterocycles. The summed E-state index contributed by atoms with van der Waals surface area (Å²) >= 11 is 0. The second-order valence-electron chi connectivity index (χ2n) is 8.62. The van der Waals surface area contributed by atoms with Crippen molar-refractivity contribution in [3.63, 3.8) is 0 Å². The molecule has 160 valence electrons. The molecule has 1 saturated carbocycles. The van der Waals surface area contributed by atoms with E-state index in [0.717, 1.165) is 36.0 Å². The highest BCUT2D eigenvalue weighted by Crippen LogP contribution is 2.43. The van der Waals surface area contributed by atoms with Gasteiger partial charge in [0.1, 0.15) is 6.04 Å². The van der Waals surface area contributed by atoms with Crippen LogP contribution >= 0.6 is 0 Å². The van der Waals surface area contributed by atoms with Crippen molar-refractivity contribution in [1.82, 2.24) is 9.80 Å². The first-order chi connectivity index (χ1) is 15.0. The summed E-state index contributed by atoms with van der Waals surface area (Å²) in [6.07, 6.45) is 2.81. The van der Waals surface area contributed by atoms with Crippen LogP contribution in [0, 0.1) is 17.2 Å². The molecule has 6 heteroatoms. The average Bonchev–Trinajstić information content (AvgIpc) is 2.72. The number of nitriles is 1. The van der Waals surface area contributed by atoms with E-state index in [1.54, 1.807) is 23.9 Å². The zero-order valence-corrected chi connectivity index (χ0v) is 17.9. The Balaban J connectivity index is 1.52. The van der Waals surface area contributed by atoms with E-state index in [4.69, 9.17) is 0 Å². The lowest BCUT2D eigenvalue weighted by atomic mass is 9.73. The van der Waals surface area contributed by atoms with Gasteiger partial charge >= 0.3 is 0 Å². The third-order valence-electron chi connectivity index (χ3n) is 6.61. The van der Waals surface area contributed by atoms with E-state index in [-0.39, 0.29) is 36.3 Å². The molecule has 31 heavy (non-hydrogen) atoms. The van der Waals surface area contributed by atoms with Crippen LogP contribution in [0.3, 0.4) is 0 Å². The Morgan fingerprint density at radius 2 is 1.65 bits per heavy atom. The maximum atomic E-state index is 12.7. The van der Waals surface area contributed by atoms with Crippen LogP contribution in [0.2, 0.25) is 0 Å². The number of carbonyl (C=O) groups excluding carboxylic acids is 2. The van der Waals surface area contributed by atoms with E-state index < -0.39 is 6.04 Å². The Bertz CT molecular complexity index is 1000. The molecule has 1 aliphatic carbocycles. The zero-order valence-electron chi connectivity index (χ0n) is 17.9. The van der Waals surface area contributed by atoms with E-state index in [1.807, 2.05) is 48.5 Å². The minimum absolute atomic E-state index is 0.00979. The number of benzene rings is 2. The van der Waals surface area contributed by atoms with Crippen molar-refractivity contribution in [2.75, 3.05) is 20.7 Å². The van der Waals surface area contributed by atoms with E-state index >= 15 is 0 Å². The van der Waals surface area contributed by atoms with Crippen molar-refractivity contribution in [2.24, 2.45) is 5.92 Å². The number of rotatable bonds is 5. The summed E-state index contributed by atoms with van der Waals surface area (Å²) in [5.74, 6) is -0.203. The normalized spacial score (nSPS) is 22.8. The van der Waals surface area contributed by atoms with Gasteiger partial charge in [0.15, 0.2) is 0 Å². The Kier molecular flexibility index (Phi) is 5.79. The fraction of sp³-hybridized carbons (Fsp3) is 0.400. The molecule has 3 atom stereocenters. The number of hydrogen-bond acceptors (Lipinski definition) is 4. The van der Waals surface area contributed by atoms with Crippen LogP contribution in [0.4, 0.5) is 0 Å². The monoisotopic (exact) mass is 417 g/mol. The van der Waals surface area contributed by atoms with Gasteiger partial charge in [-0.1, -0.05) is 42.8 Å². The van der Waals surface area contributed by atoms with Gasteiger partial charge in [0.2, 0.25) is 5.91 Å². The molecule has 6 nitrogen and oxygen atoms in total. The smallest absolute Gasteiger partial charge is 0.253 e. The largest absolute Gasteiger partial charge is 0.394 e. The molecule has 2 aromatic rings. The van der Waals surface area contributed by atoms with Gasteiger partial charge in [-0.3, -0.25) is 9.59 Å². The molecule has 0 radical (unpaired) electrons. The Hall–Kier alpha value is -3.17. The van der Waals surface area contributed by atoms with Crippen LogP contribution in [-0.2, 0) is 4.79 Å². The van der Waals surface area contributed by atoms with Crippen LogP contribution in [-0.4, -0.2) is 59.5 Å². The maximum absolute atomic E-state index is 12.7. The number of hydrogen-bond donors (Lipinski definition) is 1. The molecule has 0 spiro atoms. The second kappa shape index (κ2) is 8.52. The summed E-state index contributed by atoms with van der Waals surface area (Å²) in [6.45, 7) is -0.148. The van der Waals surface area contributed by atoms with Gasteiger partial charge in [0, 0.05) is 31.5 Å². The van der Waals surface area contributed by atoms with E-state index in [9.17, 15) is 20.0 Å².